The van der Waals surface area contributed by atoms with Crippen LogP contribution in [-0.4, -0.2) is 45.1 Å². The molecule has 0 unspecified atom stereocenters. The average Bonchev–Trinajstić information content (AvgIpc) is 2.53. The maximum absolute atomic E-state index is 12.3. The highest BCUT2D eigenvalue weighted by Gasteiger charge is 2.23. The average molecular weight is 407 g/mol. The molecule has 8 heteroatoms. The van der Waals surface area contributed by atoms with Crippen LogP contribution in [0.3, 0.4) is 0 Å². The van der Waals surface area contributed by atoms with Crippen molar-refractivity contribution in [2.24, 2.45) is 5.92 Å². The van der Waals surface area contributed by atoms with Gasteiger partial charge in [-0.05, 0) is 43.4 Å². The number of likely N-dealkylation sites (tertiary alicyclic amines) is 1. The highest BCUT2D eigenvalue weighted by atomic mass is 35.5. The zero-order chi connectivity index (χ0) is 18.6. The van der Waals surface area contributed by atoms with E-state index < -0.39 is 10.0 Å². The third kappa shape index (κ3) is 5.76. The second-order valence-corrected chi connectivity index (χ2v) is 9.35. The molecule has 5 nitrogen and oxygen atoms in total. The second-order valence-electron chi connectivity index (χ2n) is 6.60. The predicted octanol–water partition coefficient (Wildman–Crippen LogP) is 3.80. The first-order chi connectivity index (χ1) is 11.7. The van der Waals surface area contributed by atoms with Crippen molar-refractivity contribution in [3.63, 3.8) is 0 Å². The molecule has 1 aromatic carbocycles. The van der Waals surface area contributed by atoms with E-state index in [1.165, 1.54) is 10.4 Å². The smallest absolute Gasteiger partial charge is 0.232 e. The van der Waals surface area contributed by atoms with Crippen LogP contribution in [0.4, 0.5) is 5.69 Å². The van der Waals surface area contributed by atoms with Gasteiger partial charge < -0.3 is 4.90 Å². The van der Waals surface area contributed by atoms with Crippen molar-refractivity contribution in [3.8, 4) is 0 Å². The molecule has 0 bridgehead atoms. The summed E-state index contributed by atoms with van der Waals surface area (Å²) in [7, 11) is -3.52. The number of hydrogen-bond acceptors (Lipinski definition) is 3. The lowest BCUT2D eigenvalue weighted by molar-refractivity contribution is -0.132. The molecular formula is C17H24Cl2N2O3S. The van der Waals surface area contributed by atoms with Gasteiger partial charge in [-0.25, -0.2) is 8.42 Å². The lowest BCUT2D eigenvalue weighted by atomic mass is 9.99. The molecule has 1 saturated heterocycles. The molecule has 0 radical (unpaired) electrons. The maximum atomic E-state index is 12.3. The van der Waals surface area contributed by atoms with Crippen LogP contribution in [0, 0.1) is 5.92 Å². The van der Waals surface area contributed by atoms with Gasteiger partial charge in [0, 0.05) is 31.1 Å². The number of halogens is 2. The van der Waals surface area contributed by atoms with Gasteiger partial charge in [0.1, 0.15) is 0 Å². The van der Waals surface area contributed by atoms with Crippen LogP contribution in [0.5, 0.6) is 0 Å². The Hall–Kier alpha value is -0.980. The van der Waals surface area contributed by atoms with Crippen LogP contribution in [0.15, 0.2) is 18.2 Å². The van der Waals surface area contributed by atoms with E-state index >= 15 is 0 Å². The fourth-order valence-electron chi connectivity index (χ4n) is 2.93. The van der Waals surface area contributed by atoms with Crippen molar-refractivity contribution in [1.82, 2.24) is 4.90 Å². The molecular weight excluding hydrogens is 383 g/mol. The zero-order valence-electron chi connectivity index (χ0n) is 14.5. The number of carbonyl (C=O) groups is 1. The van der Waals surface area contributed by atoms with Crippen molar-refractivity contribution in [2.75, 3.05) is 30.2 Å². The molecule has 0 saturated carbocycles. The highest BCUT2D eigenvalue weighted by Crippen LogP contribution is 2.31. The Balaban J connectivity index is 1.99. The zero-order valence-corrected chi connectivity index (χ0v) is 16.9. The second kappa shape index (κ2) is 8.60. The number of piperidine rings is 1. The fraction of sp³-hybridized carbons (Fsp3) is 0.588. The van der Waals surface area contributed by atoms with E-state index in [2.05, 4.69) is 6.92 Å². The first kappa shape index (κ1) is 20.3. The number of benzene rings is 1. The number of nitrogens with zero attached hydrogens (tertiary/aromatic N) is 2. The van der Waals surface area contributed by atoms with Gasteiger partial charge in [-0.3, -0.25) is 9.10 Å². The Morgan fingerprint density at radius 1 is 1.28 bits per heavy atom. The monoisotopic (exact) mass is 406 g/mol. The molecule has 1 fully saturated rings. The summed E-state index contributed by atoms with van der Waals surface area (Å²) < 4.78 is 25.5. The number of hydrogen-bond donors (Lipinski definition) is 0. The van der Waals surface area contributed by atoms with Crippen LogP contribution in [0.2, 0.25) is 10.0 Å². The number of anilines is 1. The quantitative estimate of drug-likeness (QED) is 0.721. The van der Waals surface area contributed by atoms with Gasteiger partial charge in [0.05, 0.1) is 17.0 Å². The summed E-state index contributed by atoms with van der Waals surface area (Å²) in [5.41, 5.74) is 0.343. The van der Waals surface area contributed by atoms with Crippen molar-refractivity contribution >= 4 is 44.8 Å². The van der Waals surface area contributed by atoms with Gasteiger partial charge >= 0.3 is 0 Å². The van der Waals surface area contributed by atoms with Gasteiger partial charge in [0.15, 0.2) is 0 Å². The summed E-state index contributed by atoms with van der Waals surface area (Å²) in [5, 5.41) is 0.720. The van der Waals surface area contributed by atoms with Crippen LogP contribution in [-0.2, 0) is 14.8 Å². The van der Waals surface area contributed by atoms with E-state index in [-0.39, 0.29) is 12.5 Å². The Labute approximate surface area is 159 Å². The molecule has 1 aromatic rings. The molecule has 0 aliphatic carbocycles. The number of rotatable bonds is 6. The lowest BCUT2D eigenvalue weighted by Gasteiger charge is -2.30. The molecule has 140 valence electrons. The van der Waals surface area contributed by atoms with Crippen molar-refractivity contribution in [1.29, 1.82) is 0 Å². The number of amides is 1. The first-order valence-electron chi connectivity index (χ1n) is 8.39. The molecule has 0 atom stereocenters. The van der Waals surface area contributed by atoms with Gasteiger partial charge in [-0.2, -0.15) is 0 Å². The fourth-order valence-corrected chi connectivity index (χ4v) is 4.34. The molecule has 1 aliphatic heterocycles. The third-order valence-electron chi connectivity index (χ3n) is 4.47. The summed E-state index contributed by atoms with van der Waals surface area (Å²) >= 11 is 12.1. The normalized spacial score (nSPS) is 16.1. The number of carbonyl (C=O) groups excluding carboxylic acids is 1. The molecule has 1 aliphatic rings. The minimum absolute atomic E-state index is 0.0811. The molecule has 0 N–H and O–H groups in total. The summed E-state index contributed by atoms with van der Waals surface area (Å²) in [4.78, 5) is 14.2. The van der Waals surface area contributed by atoms with Crippen molar-refractivity contribution < 1.29 is 13.2 Å². The Morgan fingerprint density at radius 2 is 1.92 bits per heavy atom. The first-order valence-corrected chi connectivity index (χ1v) is 11.0. The standard InChI is InChI=1S/C17H24Cl2N2O3S/c1-13-7-10-20(11-8-13)17(22)4-3-9-21(25(2,23)24)16-12-14(18)5-6-15(16)19/h5-6,12-13H,3-4,7-11H2,1-2H3. The molecule has 25 heavy (non-hydrogen) atoms. The summed E-state index contributed by atoms with van der Waals surface area (Å²) in [6.45, 7) is 3.96. The number of sulfonamides is 1. The van der Waals surface area contributed by atoms with E-state index in [0.29, 0.717) is 34.5 Å². The van der Waals surface area contributed by atoms with Crippen molar-refractivity contribution in [2.45, 2.75) is 32.6 Å². The molecule has 1 heterocycles. The topological polar surface area (TPSA) is 57.7 Å². The largest absolute Gasteiger partial charge is 0.343 e. The van der Waals surface area contributed by atoms with E-state index in [9.17, 15) is 13.2 Å². The SMILES string of the molecule is CC1CCN(C(=O)CCCN(c2cc(Cl)ccc2Cl)S(C)(=O)=O)CC1. The lowest BCUT2D eigenvalue weighted by Crippen LogP contribution is -2.38. The van der Waals surface area contributed by atoms with Gasteiger partial charge in [0.2, 0.25) is 15.9 Å². The Morgan fingerprint density at radius 3 is 2.52 bits per heavy atom. The van der Waals surface area contributed by atoms with E-state index in [1.807, 2.05) is 4.90 Å². The van der Waals surface area contributed by atoms with Crippen LogP contribution < -0.4 is 4.31 Å². The minimum atomic E-state index is -3.52. The summed E-state index contributed by atoms with van der Waals surface area (Å²) in [5.74, 6) is 0.743. The minimum Gasteiger partial charge on any atom is -0.343 e. The molecule has 0 aromatic heterocycles. The van der Waals surface area contributed by atoms with Crippen LogP contribution in [0.1, 0.15) is 32.6 Å². The van der Waals surface area contributed by atoms with E-state index in [0.717, 1.165) is 32.2 Å². The maximum Gasteiger partial charge on any atom is 0.232 e. The molecule has 0 spiro atoms. The van der Waals surface area contributed by atoms with Gasteiger partial charge in [-0.15, -0.1) is 0 Å². The van der Waals surface area contributed by atoms with E-state index in [4.69, 9.17) is 23.2 Å². The Bertz CT molecular complexity index is 717. The summed E-state index contributed by atoms with van der Waals surface area (Å²) in [6, 6.07) is 4.70. The van der Waals surface area contributed by atoms with Gasteiger partial charge in [-0.1, -0.05) is 30.1 Å². The third-order valence-corrected chi connectivity index (χ3v) is 6.20. The van der Waals surface area contributed by atoms with Crippen molar-refractivity contribution in [3.05, 3.63) is 28.2 Å². The Kier molecular flexibility index (Phi) is 7.00. The van der Waals surface area contributed by atoms with E-state index in [1.54, 1.807) is 12.1 Å². The summed E-state index contributed by atoms with van der Waals surface area (Å²) in [6.07, 6.45) is 3.93. The predicted molar refractivity (Wildman–Crippen MR) is 103 cm³/mol. The van der Waals surface area contributed by atoms with Crippen LogP contribution in [0.25, 0.3) is 0 Å². The molecule has 1 amide bonds. The van der Waals surface area contributed by atoms with Gasteiger partial charge in [0.25, 0.3) is 0 Å². The van der Waals surface area contributed by atoms with Crippen LogP contribution >= 0.6 is 23.2 Å². The highest BCUT2D eigenvalue weighted by molar-refractivity contribution is 7.92. The molecule has 2 rings (SSSR count).